The lowest BCUT2D eigenvalue weighted by molar-refractivity contribution is -0.140. The highest BCUT2D eigenvalue weighted by Gasteiger charge is 2.32. The molecule has 0 aliphatic carbocycles. The third kappa shape index (κ3) is 2.85. The molecule has 4 amide bonds. The zero-order chi connectivity index (χ0) is 16.3. The fourth-order valence-electron chi connectivity index (χ4n) is 2.08. The van der Waals surface area contributed by atoms with Gasteiger partial charge in [0.05, 0.1) is 12.2 Å². The van der Waals surface area contributed by atoms with Gasteiger partial charge < -0.3 is 9.47 Å². The monoisotopic (exact) mass is 308 g/mol. The van der Waals surface area contributed by atoms with Crippen LogP contribution in [-0.2, 0) is 28.7 Å². The van der Waals surface area contributed by atoms with Gasteiger partial charge in [-0.15, -0.1) is 0 Å². The first-order valence-corrected chi connectivity index (χ1v) is 6.90. The normalized spacial score (nSPS) is 18.1. The van der Waals surface area contributed by atoms with Gasteiger partial charge in [-0.2, -0.15) is 0 Å². The minimum absolute atomic E-state index is 0.0205. The lowest BCUT2D eigenvalue weighted by atomic mass is 10.5. The summed E-state index contributed by atoms with van der Waals surface area (Å²) in [6.45, 7) is 3.87. The van der Waals surface area contributed by atoms with Crippen molar-refractivity contribution in [2.75, 3.05) is 26.3 Å². The molecule has 0 N–H and O–H groups in total. The van der Waals surface area contributed by atoms with E-state index < -0.39 is 23.6 Å². The molecule has 0 bridgehead atoms. The van der Waals surface area contributed by atoms with Crippen molar-refractivity contribution >= 4 is 23.6 Å². The molecule has 0 aromatic rings. The Kier molecular flexibility index (Phi) is 4.59. The first-order valence-electron chi connectivity index (χ1n) is 6.90. The standard InChI is InChI=1S/C14H16N2O6/c1-3-15-11(17)7-9(13(15)19)21-5-6-22-10-8-12(18)16(4-2)14(10)20/h7-8H,3-6H2,1-2H3. The first kappa shape index (κ1) is 15.7. The highest BCUT2D eigenvalue weighted by atomic mass is 16.5. The second kappa shape index (κ2) is 6.42. The van der Waals surface area contributed by atoms with Gasteiger partial charge in [0.25, 0.3) is 23.6 Å². The molecule has 0 aromatic carbocycles. The molecule has 8 heteroatoms. The van der Waals surface area contributed by atoms with E-state index in [-0.39, 0.29) is 37.8 Å². The fourth-order valence-corrected chi connectivity index (χ4v) is 2.08. The number of amides is 4. The molecular weight excluding hydrogens is 292 g/mol. The molecule has 0 spiro atoms. The van der Waals surface area contributed by atoms with Crippen LogP contribution in [0, 0.1) is 0 Å². The number of likely N-dealkylation sites (N-methyl/N-ethyl adjacent to an activating group) is 2. The molecule has 2 rings (SSSR count). The van der Waals surface area contributed by atoms with Crippen molar-refractivity contribution in [3.05, 3.63) is 23.7 Å². The minimum atomic E-state index is -0.490. The summed E-state index contributed by atoms with van der Waals surface area (Å²) in [6.07, 6.45) is 2.24. The van der Waals surface area contributed by atoms with Crippen molar-refractivity contribution in [1.82, 2.24) is 9.80 Å². The van der Waals surface area contributed by atoms with Crippen molar-refractivity contribution in [3.8, 4) is 0 Å². The third-order valence-electron chi connectivity index (χ3n) is 3.18. The van der Waals surface area contributed by atoms with Crippen LogP contribution < -0.4 is 0 Å². The highest BCUT2D eigenvalue weighted by molar-refractivity contribution is 6.15. The molecule has 2 aliphatic rings. The molecule has 0 unspecified atom stereocenters. The van der Waals surface area contributed by atoms with E-state index in [1.807, 2.05) is 0 Å². The lowest BCUT2D eigenvalue weighted by Gasteiger charge is -2.13. The van der Waals surface area contributed by atoms with Gasteiger partial charge in [-0.05, 0) is 13.8 Å². The molecular formula is C14H16N2O6. The Hall–Kier alpha value is -2.64. The van der Waals surface area contributed by atoms with Gasteiger partial charge in [0.1, 0.15) is 13.2 Å². The summed E-state index contributed by atoms with van der Waals surface area (Å²) in [6, 6.07) is 0. The quantitative estimate of drug-likeness (QED) is 0.468. The number of ether oxygens (including phenoxy) is 2. The zero-order valence-corrected chi connectivity index (χ0v) is 12.3. The molecule has 2 heterocycles. The van der Waals surface area contributed by atoms with Crippen LogP contribution in [0.15, 0.2) is 23.7 Å². The van der Waals surface area contributed by atoms with E-state index in [1.165, 1.54) is 0 Å². The van der Waals surface area contributed by atoms with E-state index in [0.717, 1.165) is 22.0 Å². The van der Waals surface area contributed by atoms with E-state index in [2.05, 4.69) is 0 Å². The largest absolute Gasteiger partial charge is 0.484 e. The van der Waals surface area contributed by atoms with E-state index in [0.29, 0.717) is 0 Å². The molecule has 8 nitrogen and oxygen atoms in total. The second-order valence-electron chi connectivity index (χ2n) is 4.49. The van der Waals surface area contributed by atoms with Crippen molar-refractivity contribution in [3.63, 3.8) is 0 Å². The van der Waals surface area contributed by atoms with Gasteiger partial charge >= 0.3 is 0 Å². The topological polar surface area (TPSA) is 93.2 Å². The Labute approximate surface area is 126 Å². The Morgan fingerprint density at radius 2 is 1.14 bits per heavy atom. The van der Waals surface area contributed by atoms with Crippen LogP contribution in [0.1, 0.15) is 13.8 Å². The maximum Gasteiger partial charge on any atom is 0.295 e. The zero-order valence-electron chi connectivity index (χ0n) is 12.3. The average molecular weight is 308 g/mol. The summed E-state index contributed by atoms with van der Waals surface area (Å²) in [5, 5.41) is 0. The smallest absolute Gasteiger partial charge is 0.295 e. The maximum absolute atomic E-state index is 11.7. The SMILES string of the molecule is CCN1C(=O)C=C(OCCOC2=CC(=O)N(CC)C2=O)C1=O. The minimum Gasteiger partial charge on any atom is -0.484 e. The summed E-state index contributed by atoms with van der Waals surface area (Å²) in [5.74, 6) is -1.91. The molecule has 22 heavy (non-hydrogen) atoms. The Bertz CT molecular complexity index is 540. The number of imide groups is 2. The van der Waals surface area contributed by atoms with Crippen molar-refractivity contribution < 1.29 is 28.7 Å². The van der Waals surface area contributed by atoms with Gasteiger partial charge in [0.15, 0.2) is 11.5 Å². The number of hydrogen-bond donors (Lipinski definition) is 0. The summed E-state index contributed by atoms with van der Waals surface area (Å²) >= 11 is 0. The predicted molar refractivity (Wildman–Crippen MR) is 72.9 cm³/mol. The lowest BCUT2D eigenvalue weighted by Crippen LogP contribution is -2.31. The highest BCUT2D eigenvalue weighted by Crippen LogP contribution is 2.15. The summed E-state index contributed by atoms with van der Waals surface area (Å²) in [4.78, 5) is 48.4. The van der Waals surface area contributed by atoms with Gasteiger partial charge in [-0.1, -0.05) is 0 Å². The molecule has 0 radical (unpaired) electrons. The van der Waals surface area contributed by atoms with Crippen LogP contribution >= 0.6 is 0 Å². The van der Waals surface area contributed by atoms with Crippen LogP contribution in [0.2, 0.25) is 0 Å². The van der Waals surface area contributed by atoms with Crippen molar-refractivity contribution in [1.29, 1.82) is 0 Å². The van der Waals surface area contributed by atoms with Crippen LogP contribution in [-0.4, -0.2) is 59.7 Å². The van der Waals surface area contributed by atoms with Crippen LogP contribution in [0.4, 0.5) is 0 Å². The number of nitrogens with zero attached hydrogens (tertiary/aromatic N) is 2. The van der Waals surface area contributed by atoms with Gasteiger partial charge in [0.2, 0.25) is 0 Å². The molecule has 0 aromatic heterocycles. The summed E-state index contributed by atoms with van der Waals surface area (Å²) in [5.41, 5.74) is 0. The van der Waals surface area contributed by atoms with Gasteiger partial charge in [-0.3, -0.25) is 29.0 Å². The van der Waals surface area contributed by atoms with E-state index >= 15 is 0 Å². The van der Waals surface area contributed by atoms with Gasteiger partial charge in [-0.25, -0.2) is 0 Å². The van der Waals surface area contributed by atoms with Crippen LogP contribution in [0.25, 0.3) is 0 Å². The number of rotatable bonds is 7. The van der Waals surface area contributed by atoms with E-state index in [1.54, 1.807) is 13.8 Å². The molecule has 0 fully saturated rings. The van der Waals surface area contributed by atoms with Gasteiger partial charge in [0, 0.05) is 13.1 Å². The fraction of sp³-hybridized carbons (Fsp3) is 0.429. The Balaban J connectivity index is 1.79. The molecule has 2 aliphatic heterocycles. The van der Waals surface area contributed by atoms with Crippen LogP contribution in [0.5, 0.6) is 0 Å². The Morgan fingerprint density at radius 3 is 1.41 bits per heavy atom. The Morgan fingerprint density at radius 1 is 0.773 bits per heavy atom. The summed E-state index contributed by atoms with van der Waals surface area (Å²) < 4.78 is 10.4. The average Bonchev–Trinajstić information content (AvgIpc) is 2.91. The predicted octanol–water partition coefficient (Wildman–Crippen LogP) is -0.435. The van der Waals surface area contributed by atoms with Crippen molar-refractivity contribution in [2.45, 2.75) is 13.8 Å². The maximum atomic E-state index is 11.7. The molecule has 0 saturated heterocycles. The second-order valence-corrected chi connectivity index (χ2v) is 4.49. The summed E-state index contributed by atoms with van der Waals surface area (Å²) in [7, 11) is 0. The first-order chi connectivity index (χ1) is 10.5. The molecule has 0 atom stereocenters. The van der Waals surface area contributed by atoms with Crippen LogP contribution in [0.3, 0.4) is 0 Å². The van der Waals surface area contributed by atoms with E-state index in [9.17, 15) is 19.2 Å². The van der Waals surface area contributed by atoms with E-state index in [4.69, 9.17) is 9.47 Å². The third-order valence-corrected chi connectivity index (χ3v) is 3.18. The molecule has 0 saturated carbocycles. The number of hydrogen-bond acceptors (Lipinski definition) is 6. The number of carbonyl (C=O) groups excluding carboxylic acids is 4. The number of carbonyl (C=O) groups is 4. The molecule has 118 valence electrons. The van der Waals surface area contributed by atoms with Crippen molar-refractivity contribution in [2.24, 2.45) is 0 Å².